The second-order valence-corrected chi connectivity index (χ2v) is 6.58. The Bertz CT molecular complexity index is 554. The first-order chi connectivity index (χ1) is 11.1. The number of alkyl halides is 2. The highest BCUT2D eigenvalue weighted by Crippen LogP contribution is 2.45. The smallest absolute Gasteiger partial charge is 0.319 e. The van der Waals surface area contributed by atoms with E-state index in [1.807, 2.05) is 6.92 Å². The molecule has 0 unspecified atom stereocenters. The molecule has 0 atom stereocenters. The van der Waals surface area contributed by atoms with E-state index in [1.54, 1.807) is 0 Å². The minimum Gasteiger partial charge on any atom is -0.357 e. The van der Waals surface area contributed by atoms with E-state index in [-0.39, 0.29) is 30.5 Å². The lowest BCUT2D eigenvalue weighted by Crippen LogP contribution is -2.41. The topological polar surface area (TPSA) is 45.5 Å². The largest absolute Gasteiger partial charge is 0.357 e. The van der Waals surface area contributed by atoms with Crippen LogP contribution in [0, 0.1) is 5.41 Å². The summed E-state index contributed by atoms with van der Waals surface area (Å²) < 4.78 is 26.6. The van der Waals surface area contributed by atoms with Gasteiger partial charge < -0.3 is 10.2 Å². The van der Waals surface area contributed by atoms with Crippen LogP contribution in [0.3, 0.4) is 0 Å². The summed E-state index contributed by atoms with van der Waals surface area (Å²) in [7, 11) is 0. The molecule has 0 aromatic carbocycles. The molecule has 0 amide bonds. The summed E-state index contributed by atoms with van der Waals surface area (Å²) in [6.45, 7) is 2.42. The second kappa shape index (κ2) is 8.44. The van der Waals surface area contributed by atoms with E-state index >= 15 is 0 Å². The molecule has 136 valence electrons. The van der Waals surface area contributed by atoms with Crippen molar-refractivity contribution in [1.29, 1.82) is 0 Å². The molecule has 1 saturated heterocycles. The number of guanidine groups is 1. The van der Waals surface area contributed by atoms with Gasteiger partial charge in [0.15, 0.2) is 5.96 Å². The van der Waals surface area contributed by atoms with Crippen LogP contribution in [0.15, 0.2) is 17.4 Å². The van der Waals surface area contributed by atoms with E-state index in [0.717, 1.165) is 30.2 Å². The van der Waals surface area contributed by atoms with Crippen LogP contribution in [0.4, 0.5) is 8.78 Å². The lowest BCUT2D eigenvalue weighted by atomic mass is 9.86. The number of aromatic nitrogens is 2. The molecule has 2 aliphatic rings. The maximum atomic E-state index is 12.9. The van der Waals surface area contributed by atoms with Crippen LogP contribution < -0.4 is 5.32 Å². The van der Waals surface area contributed by atoms with E-state index in [9.17, 15) is 8.78 Å². The summed E-state index contributed by atoms with van der Waals surface area (Å²) in [5.41, 5.74) is 0.456. The van der Waals surface area contributed by atoms with Gasteiger partial charge in [-0.1, -0.05) is 12.8 Å². The normalized spacial score (nSPS) is 20.0. The fourth-order valence-electron chi connectivity index (χ4n) is 3.86. The number of rotatable bonds is 4. The minimum absolute atomic E-state index is 0. The lowest BCUT2D eigenvalue weighted by molar-refractivity contribution is 0.0671. The van der Waals surface area contributed by atoms with Crippen LogP contribution in [0.2, 0.25) is 0 Å². The monoisotopic (exact) mass is 453 g/mol. The zero-order chi connectivity index (χ0) is 16.3. The third kappa shape index (κ3) is 4.18. The predicted molar refractivity (Wildman–Crippen MR) is 101 cm³/mol. The van der Waals surface area contributed by atoms with Gasteiger partial charge >= 0.3 is 6.55 Å². The van der Waals surface area contributed by atoms with Gasteiger partial charge in [0.1, 0.15) is 12.4 Å². The number of likely N-dealkylation sites (tertiary alicyclic amines) is 1. The van der Waals surface area contributed by atoms with Crippen molar-refractivity contribution in [3.8, 4) is 0 Å². The molecule has 1 saturated carbocycles. The number of halogens is 3. The number of hydrogen-bond donors (Lipinski definition) is 1. The maximum Gasteiger partial charge on any atom is 0.319 e. The first kappa shape index (κ1) is 19.4. The first-order valence-corrected chi connectivity index (χ1v) is 8.47. The molecule has 0 radical (unpaired) electrons. The Labute approximate surface area is 158 Å². The van der Waals surface area contributed by atoms with Gasteiger partial charge in [0.25, 0.3) is 0 Å². The van der Waals surface area contributed by atoms with E-state index in [4.69, 9.17) is 0 Å². The van der Waals surface area contributed by atoms with Gasteiger partial charge in [-0.25, -0.2) is 9.98 Å². The highest BCUT2D eigenvalue weighted by molar-refractivity contribution is 14.0. The van der Waals surface area contributed by atoms with Gasteiger partial charge in [0.05, 0.1) is 0 Å². The van der Waals surface area contributed by atoms with Gasteiger partial charge in [-0.2, -0.15) is 8.78 Å². The molecule has 0 bridgehead atoms. The van der Waals surface area contributed by atoms with Gasteiger partial charge in [-0.3, -0.25) is 4.57 Å². The molecular formula is C16H26F2IN5. The molecule has 8 heteroatoms. The van der Waals surface area contributed by atoms with E-state index in [1.165, 1.54) is 44.5 Å². The van der Waals surface area contributed by atoms with Crippen LogP contribution in [0.5, 0.6) is 0 Å². The fraction of sp³-hybridized carbons (Fsp3) is 0.750. The first-order valence-electron chi connectivity index (χ1n) is 8.47. The average Bonchev–Trinajstić information content (AvgIpc) is 3.25. The van der Waals surface area contributed by atoms with Crippen LogP contribution in [-0.4, -0.2) is 40.0 Å². The highest BCUT2D eigenvalue weighted by Gasteiger charge is 2.41. The SMILES string of the molecule is CCNC(=NCc1nccn1C(F)F)N1CCC2(CCCC2)C1.I. The van der Waals surface area contributed by atoms with Crippen LogP contribution in [-0.2, 0) is 6.54 Å². The van der Waals surface area contributed by atoms with Gasteiger partial charge in [-0.05, 0) is 31.6 Å². The Kier molecular flexibility index (Phi) is 6.82. The summed E-state index contributed by atoms with van der Waals surface area (Å²) >= 11 is 0. The summed E-state index contributed by atoms with van der Waals surface area (Å²) in [4.78, 5) is 10.8. The number of hydrogen-bond acceptors (Lipinski definition) is 2. The van der Waals surface area contributed by atoms with Crippen LogP contribution >= 0.6 is 24.0 Å². The number of nitrogens with zero attached hydrogens (tertiary/aromatic N) is 4. The third-order valence-electron chi connectivity index (χ3n) is 5.07. The molecule has 1 spiro atoms. The van der Waals surface area contributed by atoms with Crippen molar-refractivity contribution in [2.45, 2.75) is 52.1 Å². The Morgan fingerprint density at radius 3 is 2.79 bits per heavy atom. The molecule has 1 aliphatic heterocycles. The molecule has 5 nitrogen and oxygen atoms in total. The highest BCUT2D eigenvalue weighted by atomic mass is 127. The second-order valence-electron chi connectivity index (χ2n) is 6.58. The van der Waals surface area contributed by atoms with Crippen molar-refractivity contribution in [1.82, 2.24) is 19.8 Å². The quantitative estimate of drug-likeness (QED) is 0.431. The van der Waals surface area contributed by atoms with Gasteiger partial charge in [0.2, 0.25) is 0 Å². The molecule has 24 heavy (non-hydrogen) atoms. The van der Waals surface area contributed by atoms with E-state index in [0.29, 0.717) is 11.2 Å². The van der Waals surface area contributed by atoms with Crippen molar-refractivity contribution >= 4 is 29.9 Å². The zero-order valence-electron chi connectivity index (χ0n) is 14.0. The molecule has 2 heterocycles. The molecule has 2 fully saturated rings. The zero-order valence-corrected chi connectivity index (χ0v) is 16.4. The Morgan fingerprint density at radius 2 is 2.12 bits per heavy atom. The number of aliphatic imine (C=N–C) groups is 1. The minimum atomic E-state index is -2.57. The van der Waals surface area contributed by atoms with Crippen LogP contribution in [0.1, 0.15) is 51.4 Å². The average molecular weight is 453 g/mol. The molecule has 1 aromatic rings. The molecule has 1 aliphatic carbocycles. The van der Waals surface area contributed by atoms with Crippen molar-refractivity contribution in [3.05, 3.63) is 18.2 Å². The van der Waals surface area contributed by atoms with Crippen molar-refractivity contribution in [3.63, 3.8) is 0 Å². The van der Waals surface area contributed by atoms with Crippen molar-refractivity contribution in [2.24, 2.45) is 10.4 Å². The standard InChI is InChI=1S/C16H25F2N5.HI/c1-2-19-15(21-11-13-20-8-10-23(13)14(17)18)22-9-7-16(12-22)5-3-4-6-16;/h8,10,14H,2-7,9,11-12H2,1H3,(H,19,21);1H. The Hall–Kier alpha value is -0.930. The summed E-state index contributed by atoms with van der Waals surface area (Å²) in [6, 6.07) is 0. The summed E-state index contributed by atoms with van der Waals surface area (Å²) in [6.07, 6.45) is 9.17. The molecule has 1 aromatic heterocycles. The van der Waals surface area contributed by atoms with Crippen molar-refractivity contribution < 1.29 is 8.78 Å². The maximum absolute atomic E-state index is 12.9. The van der Waals surface area contributed by atoms with Gasteiger partial charge in [0, 0.05) is 32.0 Å². The molecule has 1 N–H and O–H groups in total. The number of nitrogens with one attached hydrogen (secondary N) is 1. The third-order valence-corrected chi connectivity index (χ3v) is 5.07. The summed E-state index contributed by atoms with van der Waals surface area (Å²) in [5.74, 6) is 1.12. The van der Waals surface area contributed by atoms with Crippen LogP contribution in [0.25, 0.3) is 0 Å². The van der Waals surface area contributed by atoms with Gasteiger partial charge in [-0.15, -0.1) is 24.0 Å². The van der Waals surface area contributed by atoms with E-state index < -0.39 is 6.55 Å². The molecular weight excluding hydrogens is 427 g/mol. The van der Waals surface area contributed by atoms with E-state index in [2.05, 4.69) is 20.2 Å². The summed E-state index contributed by atoms with van der Waals surface area (Å²) in [5, 5.41) is 3.29. The fourth-order valence-corrected chi connectivity index (χ4v) is 3.86. The Morgan fingerprint density at radius 1 is 1.38 bits per heavy atom. The number of imidazole rings is 1. The lowest BCUT2D eigenvalue weighted by Gasteiger charge is -2.25. The predicted octanol–water partition coefficient (Wildman–Crippen LogP) is 3.63. The van der Waals surface area contributed by atoms with Crippen molar-refractivity contribution in [2.75, 3.05) is 19.6 Å². The molecule has 3 rings (SSSR count). The Balaban J connectivity index is 0.00000208.